The normalized spacial score (nSPS) is 12.7. The van der Waals surface area contributed by atoms with E-state index in [-0.39, 0.29) is 6.04 Å². The fourth-order valence-corrected chi connectivity index (χ4v) is 2.60. The molecule has 2 aromatic heterocycles. The van der Waals surface area contributed by atoms with Crippen molar-refractivity contribution in [3.8, 4) is 0 Å². The molecule has 0 amide bonds. The molecule has 1 atom stereocenters. The van der Waals surface area contributed by atoms with E-state index in [1.165, 1.54) is 16.5 Å². The van der Waals surface area contributed by atoms with Crippen LogP contribution in [-0.2, 0) is 13.5 Å². The Kier molecular flexibility index (Phi) is 3.48. The van der Waals surface area contributed by atoms with Crippen LogP contribution in [-0.4, -0.2) is 21.8 Å². The van der Waals surface area contributed by atoms with Crippen LogP contribution in [0.5, 0.6) is 0 Å². The van der Waals surface area contributed by atoms with E-state index in [1.54, 1.807) is 6.20 Å². The van der Waals surface area contributed by atoms with Gasteiger partial charge >= 0.3 is 0 Å². The Morgan fingerprint density at radius 1 is 1.20 bits per heavy atom. The zero-order valence-corrected chi connectivity index (χ0v) is 11.7. The van der Waals surface area contributed by atoms with Crippen molar-refractivity contribution in [2.45, 2.75) is 12.5 Å². The summed E-state index contributed by atoms with van der Waals surface area (Å²) >= 11 is 0. The number of pyridine rings is 1. The van der Waals surface area contributed by atoms with E-state index in [2.05, 4.69) is 39.7 Å². The number of likely N-dealkylation sites (N-methyl/N-ethyl adjacent to an activating group) is 1. The lowest BCUT2D eigenvalue weighted by Gasteiger charge is -2.15. The van der Waals surface area contributed by atoms with Gasteiger partial charge in [-0.05, 0) is 24.7 Å². The van der Waals surface area contributed by atoms with E-state index in [9.17, 15) is 0 Å². The minimum atomic E-state index is 0.224. The first-order valence-corrected chi connectivity index (χ1v) is 6.77. The minimum absolute atomic E-state index is 0.224. The molecule has 1 unspecified atom stereocenters. The molecular weight excluding hydrogens is 248 g/mol. The van der Waals surface area contributed by atoms with Crippen LogP contribution in [0.15, 0.2) is 48.8 Å². The zero-order valence-electron chi connectivity index (χ0n) is 11.7. The van der Waals surface area contributed by atoms with Crippen LogP contribution in [0.2, 0.25) is 0 Å². The molecule has 0 bridgehead atoms. The average molecular weight is 266 g/mol. The Labute approximate surface area is 118 Å². The highest BCUT2D eigenvalue weighted by molar-refractivity contribution is 5.81. The molecule has 2 heterocycles. The zero-order chi connectivity index (χ0) is 13.9. The number of nitrogens with one attached hydrogen (secondary N) is 1. The Morgan fingerprint density at radius 3 is 2.80 bits per heavy atom. The third kappa shape index (κ3) is 2.30. The van der Waals surface area contributed by atoms with Crippen LogP contribution in [0.3, 0.4) is 0 Å². The van der Waals surface area contributed by atoms with Crippen LogP contribution in [0.25, 0.3) is 10.9 Å². The van der Waals surface area contributed by atoms with Gasteiger partial charge in [0.2, 0.25) is 0 Å². The summed E-state index contributed by atoms with van der Waals surface area (Å²) in [6, 6.07) is 12.6. The quantitative estimate of drug-likeness (QED) is 0.789. The maximum absolute atomic E-state index is 4.66. The Balaban J connectivity index is 1.96. The number of hydrogen-bond donors (Lipinski definition) is 1. The topological polar surface area (TPSA) is 42.7 Å². The predicted molar refractivity (Wildman–Crippen MR) is 80.5 cm³/mol. The van der Waals surface area contributed by atoms with Crippen LogP contribution >= 0.6 is 0 Å². The largest absolute Gasteiger partial charge is 0.313 e. The molecule has 0 aliphatic rings. The molecule has 3 aromatic rings. The number of nitrogens with zero attached hydrogens (tertiary/aromatic N) is 3. The molecule has 1 N–H and O–H groups in total. The van der Waals surface area contributed by atoms with E-state index in [4.69, 9.17) is 0 Å². The molecule has 3 rings (SSSR count). The summed E-state index contributed by atoms with van der Waals surface area (Å²) in [7, 11) is 3.97. The molecule has 0 saturated heterocycles. The number of aryl methyl sites for hydroxylation is 1. The van der Waals surface area contributed by atoms with Gasteiger partial charge < -0.3 is 5.32 Å². The van der Waals surface area contributed by atoms with Crippen molar-refractivity contribution < 1.29 is 0 Å². The number of aromatic nitrogens is 3. The second-order valence-electron chi connectivity index (χ2n) is 4.92. The van der Waals surface area contributed by atoms with Gasteiger partial charge in [-0.15, -0.1) is 0 Å². The molecule has 0 aliphatic heterocycles. The van der Waals surface area contributed by atoms with Crippen LogP contribution in [0.1, 0.15) is 17.3 Å². The van der Waals surface area contributed by atoms with Crippen molar-refractivity contribution in [2.24, 2.45) is 7.05 Å². The predicted octanol–water partition coefficient (Wildman–Crippen LogP) is 2.47. The molecule has 0 saturated carbocycles. The molecule has 0 fully saturated rings. The molecule has 102 valence electrons. The molecule has 0 radical (unpaired) electrons. The third-order valence-corrected chi connectivity index (χ3v) is 3.67. The fraction of sp³-hybridized carbons (Fsp3) is 0.250. The number of fused-ring (bicyclic) bond motifs is 1. The fourth-order valence-electron chi connectivity index (χ4n) is 2.60. The van der Waals surface area contributed by atoms with Crippen molar-refractivity contribution in [3.05, 3.63) is 60.0 Å². The SMILES string of the molecule is CNC(Cc1nn(C)c2ccccc12)c1cccnc1. The highest BCUT2D eigenvalue weighted by atomic mass is 15.3. The second-order valence-corrected chi connectivity index (χ2v) is 4.92. The number of hydrogen-bond acceptors (Lipinski definition) is 3. The van der Waals surface area contributed by atoms with Gasteiger partial charge in [0, 0.05) is 37.3 Å². The van der Waals surface area contributed by atoms with E-state index in [0.717, 1.165) is 12.1 Å². The molecule has 20 heavy (non-hydrogen) atoms. The van der Waals surface area contributed by atoms with Crippen molar-refractivity contribution in [2.75, 3.05) is 7.05 Å². The summed E-state index contributed by atoms with van der Waals surface area (Å²) in [5.41, 5.74) is 3.47. The Bertz CT molecular complexity index is 703. The molecular formula is C16H18N4. The van der Waals surface area contributed by atoms with Crippen LogP contribution in [0.4, 0.5) is 0 Å². The second kappa shape index (κ2) is 5.43. The minimum Gasteiger partial charge on any atom is -0.313 e. The van der Waals surface area contributed by atoms with Gasteiger partial charge in [0.05, 0.1) is 11.2 Å². The summed E-state index contributed by atoms with van der Waals surface area (Å²) < 4.78 is 1.95. The summed E-state index contributed by atoms with van der Waals surface area (Å²) in [6.45, 7) is 0. The van der Waals surface area contributed by atoms with Gasteiger partial charge in [0.25, 0.3) is 0 Å². The van der Waals surface area contributed by atoms with Gasteiger partial charge in [0.1, 0.15) is 0 Å². The first-order valence-electron chi connectivity index (χ1n) is 6.77. The van der Waals surface area contributed by atoms with Gasteiger partial charge in [0.15, 0.2) is 0 Å². The van der Waals surface area contributed by atoms with Gasteiger partial charge in [-0.25, -0.2) is 0 Å². The smallest absolute Gasteiger partial charge is 0.0722 e. The van der Waals surface area contributed by atoms with E-state index < -0.39 is 0 Å². The van der Waals surface area contributed by atoms with E-state index in [1.807, 2.05) is 37.1 Å². The summed E-state index contributed by atoms with van der Waals surface area (Å²) in [6.07, 6.45) is 4.56. The first-order chi connectivity index (χ1) is 9.79. The average Bonchev–Trinajstić information content (AvgIpc) is 2.82. The standard InChI is InChI=1S/C16H18N4/c1-17-14(12-6-5-9-18-11-12)10-15-13-7-3-4-8-16(13)20(2)19-15/h3-9,11,14,17H,10H2,1-2H3. The lowest BCUT2D eigenvalue weighted by molar-refractivity contribution is 0.577. The summed E-state index contributed by atoms with van der Waals surface area (Å²) in [5.74, 6) is 0. The highest BCUT2D eigenvalue weighted by Gasteiger charge is 2.15. The van der Waals surface area contributed by atoms with Crippen molar-refractivity contribution >= 4 is 10.9 Å². The number of benzene rings is 1. The first kappa shape index (κ1) is 12.8. The van der Waals surface area contributed by atoms with Gasteiger partial charge in [-0.3, -0.25) is 9.67 Å². The molecule has 0 aliphatic carbocycles. The third-order valence-electron chi connectivity index (χ3n) is 3.67. The molecule has 0 spiro atoms. The Morgan fingerprint density at radius 2 is 2.05 bits per heavy atom. The maximum atomic E-state index is 4.66. The monoisotopic (exact) mass is 266 g/mol. The van der Waals surface area contributed by atoms with Crippen molar-refractivity contribution in [3.63, 3.8) is 0 Å². The summed E-state index contributed by atoms with van der Waals surface area (Å²) in [5, 5.41) is 9.23. The Hall–Kier alpha value is -2.20. The van der Waals surface area contributed by atoms with Crippen molar-refractivity contribution in [1.29, 1.82) is 0 Å². The molecule has 4 nitrogen and oxygen atoms in total. The lowest BCUT2D eigenvalue weighted by atomic mass is 10.0. The van der Waals surface area contributed by atoms with E-state index in [0.29, 0.717) is 0 Å². The lowest BCUT2D eigenvalue weighted by Crippen LogP contribution is -2.19. The highest BCUT2D eigenvalue weighted by Crippen LogP contribution is 2.23. The summed E-state index contributed by atoms with van der Waals surface area (Å²) in [4.78, 5) is 4.20. The number of rotatable bonds is 4. The van der Waals surface area contributed by atoms with Crippen molar-refractivity contribution in [1.82, 2.24) is 20.1 Å². The van der Waals surface area contributed by atoms with Gasteiger partial charge in [-0.1, -0.05) is 24.3 Å². The van der Waals surface area contributed by atoms with Gasteiger partial charge in [-0.2, -0.15) is 5.10 Å². The number of para-hydroxylation sites is 1. The molecule has 4 heteroatoms. The van der Waals surface area contributed by atoms with E-state index >= 15 is 0 Å². The maximum Gasteiger partial charge on any atom is 0.0722 e. The van der Waals surface area contributed by atoms with Crippen LogP contribution in [0, 0.1) is 0 Å². The molecule has 1 aromatic carbocycles. The van der Waals surface area contributed by atoms with Crippen LogP contribution < -0.4 is 5.32 Å².